The average Bonchev–Trinajstić information content (AvgIpc) is 2.30. The Kier molecular flexibility index (Phi) is 8.62. The summed E-state index contributed by atoms with van der Waals surface area (Å²) in [7, 11) is 0. The minimum atomic E-state index is 0.203. The standard InChI is InChI=1S/C10H20OS5/c1-10(15-6-2-7-16-10)9(11-3-4-12)14-8-5-13/h9,12-13H,2-8H2,1H3. The number of ether oxygens (including phenoxy) is 1. The zero-order chi connectivity index (χ0) is 11.9. The van der Waals surface area contributed by atoms with Gasteiger partial charge >= 0.3 is 0 Å². The Morgan fingerprint density at radius 2 is 2.00 bits per heavy atom. The number of rotatable bonds is 7. The quantitative estimate of drug-likeness (QED) is 0.549. The van der Waals surface area contributed by atoms with Crippen molar-refractivity contribution < 1.29 is 4.74 Å². The van der Waals surface area contributed by atoms with Crippen molar-refractivity contribution in [2.24, 2.45) is 0 Å². The van der Waals surface area contributed by atoms with Crippen LogP contribution in [0.25, 0.3) is 0 Å². The van der Waals surface area contributed by atoms with Gasteiger partial charge in [-0.25, -0.2) is 0 Å². The average molecular weight is 317 g/mol. The summed E-state index contributed by atoms with van der Waals surface area (Å²) in [5.41, 5.74) is 0.266. The van der Waals surface area contributed by atoms with Gasteiger partial charge in [0.25, 0.3) is 0 Å². The molecule has 0 N–H and O–H groups in total. The highest BCUT2D eigenvalue weighted by Gasteiger charge is 2.38. The molecule has 6 heteroatoms. The number of thioether (sulfide) groups is 3. The third kappa shape index (κ3) is 5.14. The van der Waals surface area contributed by atoms with Gasteiger partial charge in [-0.05, 0) is 30.6 Å². The van der Waals surface area contributed by atoms with Gasteiger partial charge in [0.1, 0.15) is 5.44 Å². The largest absolute Gasteiger partial charge is 0.364 e. The van der Waals surface area contributed by atoms with Crippen LogP contribution in [0.3, 0.4) is 0 Å². The van der Waals surface area contributed by atoms with E-state index in [1.54, 1.807) is 0 Å². The van der Waals surface area contributed by atoms with Crippen LogP contribution in [0.1, 0.15) is 13.3 Å². The monoisotopic (exact) mass is 316 g/mol. The Labute approximate surface area is 123 Å². The molecule has 1 saturated heterocycles. The Bertz CT molecular complexity index is 176. The van der Waals surface area contributed by atoms with Gasteiger partial charge in [0, 0.05) is 11.5 Å². The molecule has 0 amide bonds. The fourth-order valence-electron chi connectivity index (χ4n) is 1.46. The molecule has 0 saturated carbocycles. The molecule has 1 aliphatic heterocycles. The van der Waals surface area contributed by atoms with Crippen LogP contribution in [0.4, 0.5) is 0 Å². The van der Waals surface area contributed by atoms with E-state index < -0.39 is 0 Å². The highest BCUT2D eigenvalue weighted by atomic mass is 32.2. The molecule has 1 heterocycles. The Morgan fingerprint density at radius 3 is 2.56 bits per heavy atom. The van der Waals surface area contributed by atoms with Crippen molar-refractivity contribution in [2.45, 2.75) is 22.9 Å². The van der Waals surface area contributed by atoms with E-state index in [0.717, 1.165) is 23.9 Å². The molecule has 0 aromatic rings. The molecule has 1 atom stereocenters. The lowest BCUT2D eigenvalue weighted by Crippen LogP contribution is -2.36. The molecule has 0 radical (unpaired) electrons. The van der Waals surface area contributed by atoms with Gasteiger partial charge in [-0.15, -0.1) is 35.3 Å². The molecular formula is C10H20OS5. The summed E-state index contributed by atoms with van der Waals surface area (Å²) in [4.78, 5) is 0. The number of hydrogen-bond donors (Lipinski definition) is 2. The summed E-state index contributed by atoms with van der Waals surface area (Å²) in [6.07, 6.45) is 1.32. The van der Waals surface area contributed by atoms with E-state index >= 15 is 0 Å². The van der Waals surface area contributed by atoms with E-state index in [1.807, 2.05) is 35.3 Å². The minimum absolute atomic E-state index is 0.203. The van der Waals surface area contributed by atoms with Crippen LogP contribution < -0.4 is 0 Å². The van der Waals surface area contributed by atoms with E-state index in [-0.39, 0.29) is 9.52 Å². The smallest absolute Gasteiger partial charge is 0.126 e. The molecule has 16 heavy (non-hydrogen) atoms. The van der Waals surface area contributed by atoms with Crippen molar-refractivity contribution in [3.05, 3.63) is 0 Å². The van der Waals surface area contributed by atoms with Crippen molar-refractivity contribution in [1.82, 2.24) is 0 Å². The van der Waals surface area contributed by atoms with Crippen molar-refractivity contribution in [1.29, 1.82) is 0 Å². The van der Waals surface area contributed by atoms with Crippen molar-refractivity contribution in [2.75, 3.05) is 35.4 Å². The summed E-state index contributed by atoms with van der Waals surface area (Å²) in [6, 6.07) is 0. The Balaban J connectivity index is 2.50. The zero-order valence-corrected chi connectivity index (χ0v) is 13.8. The van der Waals surface area contributed by atoms with E-state index in [9.17, 15) is 0 Å². The first kappa shape index (κ1) is 15.8. The Hall–Kier alpha value is 1.71. The SMILES string of the molecule is CC1(C(OCCS)SCCS)SCCCS1. The zero-order valence-electron chi connectivity index (χ0n) is 9.55. The first-order valence-electron chi connectivity index (χ1n) is 5.46. The van der Waals surface area contributed by atoms with Crippen molar-refractivity contribution >= 4 is 60.5 Å². The third-order valence-electron chi connectivity index (χ3n) is 2.22. The summed E-state index contributed by atoms with van der Waals surface area (Å²) >= 11 is 14.5. The van der Waals surface area contributed by atoms with Crippen LogP contribution in [-0.2, 0) is 4.74 Å². The van der Waals surface area contributed by atoms with Gasteiger partial charge < -0.3 is 4.74 Å². The van der Waals surface area contributed by atoms with Gasteiger partial charge in [0.15, 0.2) is 0 Å². The maximum absolute atomic E-state index is 5.95. The van der Waals surface area contributed by atoms with Crippen LogP contribution in [0.15, 0.2) is 0 Å². The Morgan fingerprint density at radius 1 is 1.31 bits per heavy atom. The first-order valence-corrected chi connectivity index (χ1v) is 9.74. The van der Waals surface area contributed by atoms with Gasteiger partial charge in [-0.3, -0.25) is 0 Å². The van der Waals surface area contributed by atoms with E-state index in [0.29, 0.717) is 0 Å². The fourth-order valence-corrected chi connectivity index (χ4v) is 6.32. The van der Waals surface area contributed by atoms with Gasteiger partial charge in [-0.2, -0.15) is 25.3 Å². The van der Waals surface area contributed by atoms with Crippen molar-refractivity contribution in [3.8, 4) is 0 Å². The fraction of sp³-hybridized carbons (Fsp3) is 1.00. The molecule has 1 aliphatic rings. The second-order valence-electron chi connectivity index (χ2n) is 3.59. The normalized spacial score (nSPS) is 21.9. The molecule has 0 bridgehead atoms. The maximum Gasteiger partial charge on any atom is 0.126 e. The molecule has 1 rings (SSSR count). The summed E-state index contributed by atoms with van der Waals surface area (Å²) in [6.45, 7) is 3.06. The predicted octanol–water partition coefficient (Wildman–Crippen LogP) is 3.51. The lowest BCUT2D eigenvalue weighted by Gasteiger charge is -2.38. The molecule has 1 unspecified atom stereocenters. The molecule has 1 nitrogen and oxygen atoms in total. The predicted molar refractivity (Wildman–Crippen MR) is 87.8 cm³/mol. The lowest BCUT2D eigenvalue weighted by molar-refractivity contribution is 0.122. The molecule has 0 aromatic heterocycles. The molecule has 96 valence electrons. The number of hydrogen-bond acceptors (Lipinski definition) is 6. The van der Waals surface area contributed by atoms with E-state index in [4.69, 9.17) is 4.74 Å². The molecular weight excluding hydrogens is 296 g/mol. The van der Waals surface area contributed by atoms with Crippen LogP contribution >= 0.6 is 60.5 Å². The topological polar surface area (TPSA) is 9.23 Å². The first-order chi connectivity index (χ1) is 7.73. The van der Waals surface area contributed by atoms with Crippen molar-refractivity contribution in [3.63, 3.8) is 0 Å². The number of thiol groups is 2. The maximum atomic E-state index is 5.95. The van der Waals surface area contributed by atoms with E-state index in [2.05, 4.69) is 32.2 Å². The van der Waals surface area contributed by atoms with Crippen LogP contribution in [-0.4, -0.2) is 44.9 Å². The van der Waals surface area contributed by atoms with Crippen LogP contribution in [0, 0.1) is 0 Å². The van der Waals surface area contributed by atoms with Gasteiger partial charge in [0.05, 0.1) is 10.7 Å². The molecule has 0 aliphatic carbocycles. The highest BCUT2D eigenvalue weighted by Crippen LogP contribution is 2.48. The summed E-state index contributed by atoms with van der Waals surface area (Å²) in [5, 5.41) is 0. The van der Waals surface area contributed by atoms with Gasteiger partial charge in [-0.1, -0.05) is 0 Å². The van der Waals surface area contributed by atoms with E-state index in [1.165, 1.54) is 17.9 Å². The summed E-state index contributed by atoms with van der Waals surface area (Å²) < 4.78 is 6.15. The second-order valence-corrected chi connectivity index (χ2v) is 9.00. The van der Waals surface area contributed by atoms with Crippen LogP contribution in [0.2, 0.25) is 0 Å². The molecule has 0 spiro atoms. The summed E-state index contributed by atoms with van der Waals surface area (Å²) in [5.74, 6) is 5.27. The minimum Gasteiger partial charge on any atom is -0.364 e. The molecule has 0 aromatic carbocycles. The molecule has 1 fully saturated rings. The van der Waals surface area contributed by atoms with Crippen LogP contribution in [0.5, 0.6) is 0 Å². The lowest BCUT2D eigenvalue weighted by atomic mass is 10.5. The third-order valence-corrected chi connectivity index (χ3v) is 7.84. The van der Waals surface area contributed by atoms with Gasteiger partial charge in [0.2, 0.25) is 0 Å². The second kappa shape index (κ2) is 8.75. The highest BCUT2D eigenvalue weighted by molar-refractivity contribution is 8.20.